The van der Waals surface area contributed by atoms with Gasteiger partial charge in [0, 0.05) is 0 Å². The van der Waals surface area contributed by atoms with Gasteiger partial charge in [-0.1, -0.05) is 0 Å². The number of ether oxygens (including phenoxy) is 3. The second-order valence-corrected chi connectivity index (χ2v) is 6.96. The lowest BCUT2D eigenvalue weighted by Gasteiger charge is -2.10. The van der Waals surface area contributed by atoms with Crippen molar-refractivity contribution in [2.75, 3.05) is 13.4 Å². The number of halogens is 2. The molecule has 0 radical (unpaired) electrons. The number of benzene rings is 2. The number of carbonyl (C=O) groups is 1. The number of nitrogens with one attached hydrogen (secondary N) is 1. The molecule has 0 saturated carbocycles. The van der Waals surface area contributed by atoms with E-state index >= 15 is 0 Å². The molecular weight excluding hydrogens is 456 g/mol. The molecule has 2 aromatic carbocycles. The van der Waals surface area contributed by atoms with Crippen molar-refractivity contribution in [2.45, 2.75) is 6.92 Å². The van der Waals surface area contributed by atoms with Gasteiger partial charge in [-0.25, -0.2) is 5.43 Å². The summed E-state index contributed by atoms with van der Waals surface area (Å²) in [5.41, 5.74) is 4.28. The molecule has 1 aliphatic rings. The third-order valence-electron chi connectivity index (χ3n) is 3.29. The Hall–Kier alpha value is -2.06. The average molecular weight is 470 g/mol. The number of nitrogens with zero attached hydrogens (tertiary/aromatic N) is 1. The highest BCUT2D eigenvalue weighted by Crippen LogP contribution is 2.34. The van der Waals surface area contributed by atoms with Crippen LogP contribution in [0.2, 0.25) is 0 Å². The smallest absolute Gasteiger partial charge is 0.277 e. The quantitative estimate of drug-likeness (QED) is 0.534. The highest BCUT2D eigenvalue weighted by molar-refractivity contribution is 9.11. The lowest BCUT2D eigenvalue weighted by molar-refractivity contribution is -0.123. The first-order valence-electron chi connectivity index (χ1n) is 7.33. The number of hydrogen-bond donors (Lipinski definition) is 1. The standard InChI is InChI=1S/C17H14Br2N2O4/c1-10-4-12(18)17(13(19)5-10)23-8-16(22)21-20-7-11-2-3-14-15(6-11)25-9-24-14/h2-7H,8-9H2,1H3,(H,21,22). The summed E-state index contributed by atoms with van der Waals surface area (Å²) in [6, 6.07) is 9.22. The Kier molecular flexibility index (Phi) is 5.60. The average Bonchev–Trinajstić information content (AvgIpc) is 3.01. The van der Waals surface area contributed by atoms with Crippen LogP contribution in [0.15, 0.2) is 44.4 Å². The summed E-state index contributed by atoms with van der Waals surface area (Å²) < 4.78 is 17.6. The Labute approximate surface area is 161 Å². The predicted molar refractivity (Wildman–Crippen MR) is 100 cm³/mol. The molecule has 0 fully saturated rings. The lowest BCUT2D eigenvalue weighted by atomic mass is 10.2. The molecule has 0 aliphatic carbocycles. The number of fused-ring (bicyclic) bond motifs is 1. The van der Waals surface area contributed by atoms with Crippen LogP contribution in [0.5, 0.6) is 17.2 Å². The molecule has 8 heteroatoms. The molecule has 3 rings (SSSR count). The van der Waals surface area contributed by atoms with Crippen LogP contribution >= 0.6 is 31.9 Å². The normalized spacial score (nSPS) is 12.4. The zero-order chi connectivity index (χ0) is 17.8. The Bertz CT molecular complexity index is 816. The minimum absolute atomic E-state index is 0.154. The first-order chi connectivity index (χ1) is 12.0. The van der Waals surface area contributed by atoms with Crippen LogP contribution in [0.3, 0.4) is 0 Å². The topological polar surface area (TPSA) is 69.2 Å². The van der Waals surface area contributed by atoms with E-state index in [4.69, 9.17) is 14.2 Å². The molecule has 0 atom stereocenters. The van der Waals surface area contributed by atoms with Crippen LogP contribution in [0.4, 0.5) is 0 Å². The molecule has 0 bridgehead atoms. The molecule has 1 heterocycles. The minimum atomic E-state index is -0.364. The number of carbonyl (C=O) groups excluding carboxylic acids is 1. The van der Waals surface area contributed by atoms with Crippen LogP contribution in [0, 0.1) is 6.92 Å². The fourth-order valence-corrected chi connectivity index (χ4v) is 3.81. The fraction of sp³-hybridized carbons (Fsp3) is 0.176. The number of rotatable bonds is 5. The van der Waals surface area contributed by atoms with E-state index in [1.54, 1.807) is 12.1 Å². The first-order valence-corrected chi connectivity index (χ1v) is 8.91. The third kappa shape index (κ3) is 4.52. The zero-order valence-electron chi connectivity index (χ0n) is 13.2. The number of aryl methyl sites for hydroxylation is 1. The zero-order valence-corrected chi connectivity index (χ0v) is 16.4. The van der Waals surface area contributed by atoms with E-state index in [0.717, 1.165) is 20.1 Å². The molecule has 1 amide bonds. The largest absolute Gasteiger partial charge is 0.481 e. The molecule has 1 aliphatic heterocycles. The van der Waals surface area contributed by atoms with E-state index in [2.05, 4.69) is 42.4 Å². The van der Waals surface area contributed by atoms with Gasteiger partial charge in [0.05, 0.1) is 15.2 Å². The maximum absolute atomic E-state index is 11.9. The molecule has 2 aromatic rings. The number of hydrazone groups is 1. The Morgan fingerprint density at radius 1 is 1.24 bits per heavy atom. The van der Waals surface area contributed by atoms with Crippen molar-refractivity contribution >= 4 is 44.0 Å². The fourth-order valence-electron chi connectivity index (χ4n) is 2.17. The summed E-state index contributed by atoms with van der Waals surface area (Å²) in [4.78, 5) is 11.9. The second kappa shape index (κ2) is 7.88. The molecular formula is C17H14Br2N2O4. The van der Waals surface area contributed by atoms with Gasteiger partial charge in [0.25, 0.3) is 5.91 Å². The highest BCUT2D eigenvalue weighted by Gasteiger charge is 2.13. The lowest BCUT2D eigenvalue weighted by Crippen LogP contribution is -2.24. The summed E-state index contributed by atoms with van der Waals surface area (Å²) in [5.74, 6) is 1.56. The summed E-state index contributed by atoms with van der Waals surface area (Å²) >= 11 is 6.83. The second-order valence-electron chi connectivity index (χ2n) is 5.25. The minimum Gasteiger partial charge on any atom is -0.481 e. The van der Waals surface area contributed by atoms with E-state index in [9.17, 15) is 4.79 Å². The first kappa shape index (κ1) is 17.8. The van der Waals surface area contributed by atoms with Crippen molar-refractivity contribution in [2.24, 2.45) is 5.10 Å². The highest BCUT2D eigenvalue weighted by atomic mass is 79.9. The van der Waals surface area contributed by atoms with Gasteiger partial charge in [0.15, 0.2) is 18.1 Å². The van der Waals surface area contributed by atoms with Crippen LogP contribution in [-0.4, -0.2) is 25.5 Å². The van der Waals surface area contributed by atoms with Crippen molar-refractivity contribution in [1.29, 1.82) is 0 Å². The van der Waals surface area contributed by atoms with Gasteiger partial charge in [-0.05, 0) is 80.2 Å². The van der Waals surface area contributed by atoms with E-state index in [1.165, 1.54) is 6.21 Å². The van der Waals surface area contributed by atoms with Crippen LogP contribution in [0.1, 0.15) is 11.1 Å². The number of amides is 1. The predicted octanol–water partition coefficient (Wildman–Crippen LogP) is 3.78. The summed E-state index contributed by atoms with van der Waals surface area (Å²) in [6.45, 7) is 2.03. The molecule has 25 heavy (non-hydrogen) atoms. The van der Waals surface area contributed by atoms with Crippen LogP contribution in [0.25, 0.3) is 0 Å². The van der Waals surface area contributed by atoms with E-state index in [1.807, 2.05) is 25.1 Å². The summed E-state index contributed by atoms with van der Waals surface area (Å²) in [7, 11) is 0. The Balaban J connectivity index is 1.53. The number of hydrogen-bond acceptors (Lipinski definition) is 5. The van der Waals surface area contributed by atoms with E-state index in [0.29, 0.717) is 17.2 Å². The Morgan fingerprint density at radius 3 is 2.72 bits per heavy atom. The molecule has 130 valence electrons. The molecule has 0 saturated heterocycles. The summed E-state index contributed by atoms with van der Waals surface area (Å²) in [6.07, 6.45) is 1.53. The van der Waals surface area contributed by atoms with Gasteiger partial charge in [0.2, 0.25) is 6.79 Å². The van der Waals surface area contributed by atoms with E-state index in [-0.39, 0.29) is 19.3 Å². The van der Waals surface area contributed by atoms with E-state index < -0.39 is 0 Å². The maximum Gasteiger partial charge on any atom is 0.277 e. The van der Waals surface area contributed by atoms with Crippen molar-refractivity contribution in [1.82, 2.24) is 5.43 Å². The van der Waals surface area contributed by atoms with Gasteiger partial charge in [-0.15, -0.1) is 0 Å². The molecule has 0 unspecified atom stereocenters. The Morgan fingerprint density at radius 2 is 1.96 bits per heavy atom. The van der Waals surface area contributed by atoms with Crippen molar-refractivity contribution in [3.8, 4) is 17.2 Å². The van der Waals surface area contributed by atoms with Gasteiger partial charge in [0.1, 0.15) is 5.75 Å². The van der Waals surface area contributed by atoms with Gasteiger partial charge >= 0.3 is 0 Å². The summed E-state index contributed by atoms with van der Waals surface area (Å²) in [5, 5.41) is 3.91. The van der Waals surface area contributed by atoms with Crippen molar-refractivity contribution in [3.05, 3.63) is 50.4 Å². The molecule has 0 spiro atoms. The monoisotopic (exact) mass is 468 g/mol. The SMILES string of the molecule is Cc1cc(Br)c(OCC(=O)NN=Cc2ccc3c(c2)OCO3)c(Br)c1. The van der Waals surface area contributed by atoms with Crippen LogP contribution in [-0.2, 0) is 4.79 Å². The van der Waals surface area contributed by atoms with Crippen molar-refractivity contribution in [3.63, 3.8) is 0 Å². The van der Waals surface area contributed by atoms with Crippen molar-refractivity contribution < 1.29 is 19.0 Å². The molecule has 0 aromatic heterocycles. The van der Waals surface area contributed by atoms with Gasteiger partial charge in [-0.2, -0.15) is 5.10 Å². The molecule has 6 nitrogen and oxygen atoms in total. The third-order valence-corrected chi connectivity index (χ3v) is 4.47. The van der Waals surface area contributed by atoms with Gasteiger partial charge in [-0.3, -0.25) is 4.79 Å². The van der Waals surface area contributed by atoms with Gasteiger partial charge < -0.3 is 14.2 Å². The maximum atomic E-state index is 11.9. The molecule has 1 N–H and O–H groups in total. The van der Waals surface area contributed by atoms with Crippen LogP contribution < -0.4 is 19.6 Å².